The van der Waals surface area contributed by atoms with Crippen LogP contribution in [0, 0.1) is 0 Å². The van der Waals surface area contributed by atoms with Crippen molar-refractivity contribution in [2.45, 2.75) is 31.1 Å². The molecule has 1 atom stereocenters. The minimum atomic E-state index is -0.480. The van der Waals surface area contributed by atoms with E-state index in [0.29, 0.717) is 0 Å². The maximum atomic E-state index is 2.56. The topological polar surface area (TPSA) is 3.24 Å². The summed E-state index contributed by atoms with van der Waals surface area (Å²) in [6.45, 7) is 4.80. The maximum Gasteiger partial charge on any atom is 0.0511 e. The van der Waals surface area contributed by atoms with Crippen molar-refractivity contribution in [3.05, 3.63) is 258 Å². The Labute approximate surface area is 375 Å². The molecule has 0 amide bonds. The highest BCUT2D eigenvalue weighted by molar-refractivity contribution is 6.05. The van der Waals surface area contributed by atoms with Gasteiger partial charge in [0.1, 0.15) is 0 Å². The summed E-state index contributed by atoms with van der Waals surface area (Å²) in [7, 11) is 0. The van der Waals surface area contributed by atoms with Gasteiger partial charge in [0.15, 0.2) is 0 Å². The molecular formula is C63H45N. The van der Waals surface area contributed by atoms with Crippen LogP contribution in [0.25, 0.3) is 66.4 Å². The molecule has 13 rings (SSSR count). The number of hydrogen-bond acceptors (Lipinski definition) is 1. The summed E-state index contributed by atoms with van der Waals surface area (Å²) in [4.78, 5) is 2.55. The van der Waals surface area contributed by atoms with Gasteiger partial charge in [0.2, 0.25) is 0 Å². The summed E-state index contributed by atoms with van der Waals surface area (Å²) >= 11 is 0. The lowest BCUT2D eigenvalue weighted by atomic mass is 9.67. The van der Waals surface area contributed by atoms with Crippen molar-refractivity contribution in [1.29, 1.82) is 0 Å². The van der Waals surface area contributed by atoms with Gasteiger partial charge in [-0.1, -0.05) is 208 Å². The predicted molar refractivity (Wildman–Crippen MR) is 268 cm³/mol. The van der Waals surface area contributed by atoms with Crippen molar-refractivity contribution in [1.82, 2.24) is 0 Å². The average molecular weight is 816 g/mol. The van der Waals surface area contributed by atoms with Gasteiger partial charge in [-0.15, -0.1) is 0 Å². The van der Waals surface area contributed by atoms with E-state index in [-0.39, 0.29) is 5.41 Å². The summed E-state index contributed by atoms with van der Waals surface area (Å²) in [6, 6.07) is 84.3. The van der Waals surface area contributed by atoms with Gasteiger partial charge in [-0.2, -0.15) is 0 Å². The van der Waals surface area contributed by atoms with Crippen molar-refractivity contribution in [2.24, 2.45) is 0 Å². The van der Waals surface area contributed by atoms with Crippen LogP contribution in [0.5, 0.6) is 0 Å². The Morgan fingerprint density at radius 3 is 1.59 bits per heavy atom. The molecule has 64 heavy (non-hydrogen) atoms. The van der Waals surface area contributed by atoms with Gasteiger partial charge in [-0.25, -0.2) is 0 Å². The van der Waals surface area contributed by atoms with Crippen molar-refractivity contribution in [2.75, 3.05) is 4.90 Å². The SMILES string of the molecule is CC1(C)c2ccccc2-c2cccc(N(c3ccc(-c4ccccc4)cc3)c3ccc4c(c3)C3(Cc5c(-c6ccccc6)ccc6cccc(c56)-c5ccccc53)c3ccccc3-4)c21. The molecule has 0 aliphatic heterocycles. The lowest BCUT2D eigenvalue weighted by molar-refractivity contribution is 0.637. The number of anilines is 3. The quantitative estimate of drug-likeness (QED) is 0.167. The van der Waals surface area contributed by atoms with Crippen LogP contribution in [0.4, 0.5) is 17.1 Å². The van der Waals surface area contributed by atoms with E-state index in [1.807, 2.05) is 0 Å². The smallest absolute Gasteiger partial charge is 0.0511 e. The first-order valence-electron chi connectivity index (χ1n) is 22.6. The van der Waals surface area contributed by atoms with Crippen molar-refractivity contribution in [3.63, 3.8) is 0 Å². The van der Waals surface area contributed by atoms with Crippen LogP contribution >= 0.6 is 0 Å². The standard InChI is InChI=1S/C63H45N/c1-62(2)55-27-12-9-24-50(55)53-26-16-30-59(61(53)62)64(45-34-31-42(32-35-45)41-17-5-3-6-18-41)46-36-38-51-48-22-10-13-28-56(48)63(58(51)39-46)40-54-47(43-19-7-4-8-20-43)37-33-44-21-15-25-52(60(44)54)49-23-11-14-29-57(49)63/h3-39H,40H2,1-2H3. The Hall–Kier alpha value is -7.74. The largest absolute Gasteiger partial charge is 0.310 e. The van der Waals surface area contributed by atoms with Gasteiger partial charge in [0.25, 0.3) is 0 Å². The lowest BCUT2D eigenvalue weighted by Gasteiger charge is -2.36. The maximum absolute atomic E-state index is 2.56. The Kier molecular flexibility index (Phi) is 8.00. The molecule has 1 heteroatoms. The Bertz CT molecular complexity index is 3490. The van der Waals surface area contributed by atoms with Gasteiger partial charge in [-0.05, 0) is 137 Å². The number of nitrogens with zero attached hydrogens (tertiary/aromatic N) is 1. The molecule has 1 unspecified atom stereocenters. The fourth-order valence-corrected chi connectivity index (χ4v) is 12.0. The van der Waals surface area contributed by atoms with Crippen LogP contribution in [-0.4, -0.2) is 0 Å². The van der Waals surface area contributed by atoms with E-state index < -0.39 is 5.41 Å². The third-order valence-electron chi connectivity index (χ3n) is 14.8. The number of fused-ring (bicyclic) bond motifs is 11. The molecule has 0 heterocycles. The highest BCUT2D eigenvalue weighted by Crippen LogP contribution is 2.61. The molecule has 0 fully saturated rings. The van der Waals surface area contributed by atoms with E-state index in [2.05, 4.69) is 243 Å². The average Bonchev–Trinajstić information content (AvgIpc) is 3.71. The van der Waals surface area contributed by atoms with E-state index >= 15 is 0 Å². The van der Waals surface area contributed by atoms with Gasteiger partial charge in [0, 0.05) is 16.8 Å². The van der Waals surface area contributed by atoms with Gasteiger partial charge < -0.3 is 4.90 Å². The van der Waals surface area contributed by atoms with Crippen LogP contribution in [0.2, 0.25) is 0 Å². The van der Waals surface area contributed by atoms with Crippen LogP contribution in [0.1, 0.15) is 47.2 Å². The third-order valence-corrected chi connectivity index (χ3v) is 14.8. The van der Waals surface area contributed by atoms with E-state index in [1.165, 1.54) is 105 Å². The molecule has 1 spiro atoms. The zero-order valence-corrected chi connectivity index (χ0v) is 36.0. The fourth-order valence-electron chi connectivity index (χ4n) is 12.0. The first-order valence-corrected chi connectivity index (χ1v) is 22.6. The molecule has 3 aliphatic rings. The summed E-state index contributed by atoms with van der Waals surface area (Å²) in [5.74, 6) is 0. The van der Waals surface area contributed by atoms with Crippen LogP contribution < -0.4 is 4.90 Å². The minimum absolute atomic E-state index is 0.211. The molecule has 1 nitrogen and oxygen atoms in total. The molecule has 0 saturated carbocycles. The van der Waals surface area contributed by atoms with E-state index in [9.17, 15) is 0 Å². The Balaban J connectivity index is 1.09. The minimum Gasteiger partial charge on any atom is -0.310 e. The van der Waals surface area contributed by atoms with Crippen molar-refractivity contribution < 1.29 is 0 Å². The van der Waals surface area contributed by atoms with E-state index in [4.69, 9.17) is 0 Å². The highest BCUT2D eigenvalue weighted by atomic mass is 15.1. The highest BCUT2D eigenvalue weighted by Gasteiger charge is 2.48. The van der Waals surface area contributed by atoms with Crippen molar-refractivity contribution in [3.8, 4) is 55.6 Å². The molecule has 0 bridgehead atoms. The zero-order chi connectivity index (χ0) is 42.6. The van der Waals surface area contributed by atoms with Crippen LogP contribution in [-0.2, 0) is 17.3 Å². The van der Waals surface area contributed by atoms with Gasteiger partial charge in [-0.3, -0.25) is 0 Å². The molecule has 0 N–H and O–H groups in total. The summed E-state index contributed by atoms with van der Waals surface area (Å²) in [6.07, 6.45) is 0.824. The second-order valence-corrected chi connectivity index (χ2v) is 18.4. The molecule has 10 aromatic carbocycles. The number of hydrogen-bond donors (Lipinski definition) is 0. The van der Waals surface area contributed by atoms with E-state index in [1.54, 1.807) is 0 Å². The Morgan fingerprint density at radius 1 is 0.359 bits per heavy atom. The molecule has 0 radical (unpaired) electrons. The van der Waals surface area contributed by atoms with Crippen LogP contribution in [0.3, 0.4) is 0 Å². The zero-order valence-electron chi connectivity index (χ0n) is 36.0. The second-order valence-electron chi connectivity index (χ2n) is 18.4. The van der Waals surface area contributed by atoms with Gasteiger partial charge >= 0.3 is 0 Å². The van der Waals surface area contributed by atoms with Crippen molar-refractivity contribution >= 4 is 27.8 Å². The molecule has 0 aromatic heterocycles. The summed E-state index contributed by atoms with van der Waals surface area (Å²) in [5.41, 5.74) is 23.9. The normalized spacial score (nSPS) is 15.8. The second kappa shape index (κ2) is 13.9. The Morgan fingerprint density at radius 2 is 0.875 bits per heavy atom. The molecule has 10 aromatic rings. The molecule has 302 valence electrons. The molecule has 0 saturated heterocycles. The van der Waals surface area contributed by atoms with E-state index in [0.717, 1.165) is 17.8 Å². The number of benzene rings is 10. The van der Waals surface area contributed by atoms with Crippen LogP contribution in [0.15, 0.2) is 224 Å². The third kappa shape index (κ3) is 5.19. The summed E-state index contributed by atoms with van der Waals surface area (Å²) in [5, 5.41) is 2.64. The first-order chi connectivity index (χ1) is 31.5. The number of rotatable bonds is 5. The molecular weight excluding hydrogens is 771 g/mol. The summed E-state index contributed by atoms with van der Waals surface area (Å²) < 4.78 is 0. The molecule has 3 aliphatic carbocycles. The predicted octanol–water partition coefficient (Wildman–Crippen LogP) is 16.5. The fraction of sp³-hybridized carbons (Fsp3) is 0.0794. The first kappa shape index (κ1) is 36.9. The van der Waals surface area contributed by atoms with Gasteiger partial charge in [0.05, 0.1) is 11.1 Å². The lowest BCUT2D eigenvalue weighted by Crippen LogP contribution is -2.30. The monoisotopic (exact) mass is 815 g/mol.